The molecule has 0 saturated heterocycles. The molecule has 1 aromatic heterocycles. The van der Waals surface area contributed by atoms with Crippen molar-refractivity contribution >= 4 is 27.3 Å². The number of thiazole rings is 1. The van der Waals surface area contributed by atoms with E-state index in [2.05, 4.69) is 23.6 Å². The van der Waals surface area contributed by atoms with Gasteiger partial charge in [-0.2, -0.15) is 0 Å². The van der Waals surface area contributed by atoms with E-state index in [9.17, 15) is 13.2 Å². The zero-order valence-corrected chi connectivity index (χ0v) is 12.3. The van der Waals surface area contributed by atoms with E-state index in [4.69, 9.17) is 5.11 Å². The van der Waals surface area contributed by atoms with Gasteiger partial charge in [0.05, 0.1) is 5.51 Å². The zero-order chi connectivity index (χ0) is 14.3. The zero-order valence-electron chi connectivity index (χ0n) is 10.7. The van der Waals surface area contributed by atoms with Crippen LogP contribution in [0.2, 0.25) is 0 Å². The molecular weight excluding hydrogens is 288 g/mol. The van der Waals surface area contributed by atoms with E-state index in [1.54, 1.807) is 0 Å². The third kappa shape index (κ3) is 3.13. The normalized spacial score (nSPS) is 22.5. The van der Waals surface area contributed by atoms with Crippen LogP contribution in [0.15, 0.2) is 9.72 Å². The summed E-state index contributed by atoms with van der Waals surface area (Å²) in [5.74, 6) is -1.33. The first-order valence-electron chi connectivity index (χ1n) is 5.90. The highest BCUT2D eigenvalue weighted by atomic mass is 32.2. The van der Waals surface area contributed by atoms with Gasteiger partial charge < -0.3 is 5.11 Å². The van der Waals surface area contributed by atoms with E-state index >= 15 is 0 Å². The molecule has 106 valence electrons. The van der Waals surface area contributed by atoms with E-state index in [1.165, 1.54) is 5.51 Å². The van der Waals surface area contributed by atoms with Crippen molar-refractivity contribution in [3.8, 4) is 0 Å². The third-order valence-corrected chi connectivity index (χ3v) is 6.16. The van der Waals surface area contributed by atoms with Gasteiger partial charge in [0.2, 0.25) is 0 Å². The van der Waals surface area contributed by atoms with Crippen molar-refractivity contribution in [1.29, 1.82) is 0 Å². The van der Waals surface area contributed by atoms with Gasteiger partial charge in [-0.15, -0.1) is 11.3 Å². The lowest BCUT2D eigenvalue weighted by molar-refractivity contribution is 0.0687. The molecule has 1 unspecified atom stereocenters. The minimum Gasteiger partial charge on any atom is -0.476 e. The highest BCUT2D eigenvalue weighted by Crippen LogP contribution is 2.37. The Morgan fingerprint density at radius 2 is 2.26 bits per heavy atom. The molecule has 19 heavy (non-hydrogen) atoms. The SMILES string of the molecule is CC1(C)CCC(NS(=O)(=O)c2scnc2C(=O)O)C1. The molecular formula is C11H16N2O4S2. The fourth-order valence-corrected chi connectivity index (χ4v) is 4.81. The lowest BCUT2D eigenvalue weighted by Crippen LogP contribution is -2.33. The summed E-state index contributed by atoms with van der Waals surface area (Å²) in [5, 5.41) is 8.91. The average Bonchev–Trinajstić information content (AvgIpc) is 2.84. The molecule has 1 aliphatic carbocycles. The Balaban J connectivity index is 2.20. The Labute approximate surface area is 115 Å². The van der Waals surface area contributed by atoms with Gasteiger partial charge in [-0.05, 0) is 24.7 Å². The van der Waals surface area contributed by atoms with Crippen molar-refractivity contribution in [2.75, 3.05) is 0 Å². The second kappa shape index (κ2) is 4.84. The van der Waals surface area contributed by atoms with Crippen LogP contribution in [0, 0.1) is 5.41 Å². The Morgan fingerprint density at radius 3 is 2.79 bits per heavy atom. The van der Waals surface area contributed by atoms with Crippen molar-refractivity contribution in [3.63, 3.8) is 0 Å². The van der Waals surface area contributed by atoms with Gasteiger partial charge in [-0.1, -0.05) is 13.8 Å². The number of aromatic nitrogens is 1. The van der Waals surface area contributed by atoms with Gasteiger partial charge in [0.15, 0.2) is 9.90 Å². The van der Waals surface area contributed by atoms with Crippen LogP contribution in [0.25, 0.3) is 0 Å². The van der Waals surface area contributed by atoms with Crippen molar-refractivity contribution < 1.29 is 18.3 Å². The summed E-state index contributed by atoms with van der Waals surface area (Å²) in [6, 6.07) is -0.135. The van der Waals surface area contributed by atoms with Crippen LogP contribution < -0.4 is 4.72 Å². The predicted molar refractivity (Wildman–Crippen MR) is 70.8 cm³/mol. The molecule has 1 aliphatic rings. The first kappa shape index (κ1) is 14.4. The van der Waals surface area contributed by atoms with Crippen molar-refractivity contribution in [2.24, 2.45) is 5.41 Å². The van der Waals surface area contributed by atoms with E-state index in [-0.39, 0.29) is 15.7 Å². The van der Waals surface area contributed by atoms with E-state index in [1.807, 2.05) is 0 Å². The van der Waals surface area contributed by atoms with Crippen molar-refractivity contribution in [2.45, 2.75) is 43.4 Å². The molecule has 0 radical (unpaired) electrons. The summed E-state index contributed by atoms with van der Waals surface area (Å²) < 4.78 is 26.7. The number of carboxylic acid groups (broad SMARTS) is 1. The molecule has 2 rings (SSSR count). The number of carbonyl (C=O) groups is 1. The molecule has 0 amide bonds. The molecule has 0 aliphatic heterocycles. The summed E-state index contributed by atoms with van der Waals surface area (Å²) in [6.07, 6.45) is 2.48. The summed E-state index contributed by atoms with van der Waals surface area (Å²) in [5.41, 5.74) is 0.947. The summed E-state index contributed by atoms with van der Waals surface area (Å²) >= 11 is 0.826. The maximum absolute atomic E-state index is 12.2. The van der Waals surface area contributed by atoms with E-state index in [0.717, 1.165) is 30.6 Å². The van der Waals surface area contributed by atoms with Crippen LogP contribution in [-0.2, 0) is 10.0 Å². The molecule has 1 saturated carbocycles. The Bertz CT molecular complexity index is 592. The number of rotatable bonds is 4. The second-order valence-corrected chi connectivity index (χ2v) is 8.28. The Hall–Kier alpha value is -0.990. The predicted octanol–water partition coefficient (Wildman–Crippen LogP) is 1.70. The van der Waals surface area contributed by atoms with Gasteiger partial charge in [0, 0.05) is 6.04 Å². The Morgan fingerprint density at radius 1 is 1.58 bits per heavy atom. The van der Waals surface area contributed by atoms with Crippen LogP contribution in [-0.4, -0.2) is 30.5 Å². The topological polar surface area (TPSA) is 96.4 Å². The summed E-state index contributed by atoms with van der Waals surface area (Å²) in [4.78, 5) is 14.5. The largest absolute Gasteiger partial charge is 0.476 e. The molecule has 6 nitrogen and oxygen atoms in total. The second-order valence-electron chi connectivity index (χ2n) is 5.52. The van der Waals surface area contributed by atoms with Gasteiger partial charge in [-0.3, -0.25) is 0 Å². The number of aromatic carboxylic acids is 1. The van der Waals surface area contributed by atoms with Gasteiger partial charge in [0.25, 0.3) is 10.0 Å². The molecule has 2 N–H and O–H groups in total. The minimum absolute atomic E-state index is 0.122. The fraction of sp³-hybridized carbons (Fsp3) is 0.636. The van der Waals surface area contributed by atoms with E-state index in [0.29, 0.717) is 0 Å². The highest BCUT2D eigenvalue weighted by molar-refractivity contribution is 7.91. The lowest BCUT2D eigenvalue weighted by Gasteiger charge is -2.17. The highest BCUT2D eigenvalue weighted by Gasteiger charge is 2.35. The quantitative estimate of drug-likeness (QED) is 0.882. The first-order valence-corrected chi connectivity index (χ1v) is 8.27. The number of sulfonamides is 1. The van der Waals surface area contributed by atoms with Crippen LogP contribution in [0.3, 0.4) is 0 Å². The third-order valence-electron chi connectivity index (χ3n) is 3.27. The fourth-order valence-electron chi connectivity index (χ4n) is 2.38. The van der Waals surface area contributed by atoms with Crippen molar-refractivity contribution in [1.82, 2.24) is 9.71 Å². The first-order chi connectivity index (χ1) is 8.71. The number of nitrogens with zero attached hydrogens (tertiary/aromatic N) is 1. The van der Waals surface area contributed by atoms with Crippen LogP contribution in [0.1, 0.15) is 43.6 Å². The molecule has 0 aromatic carbocycles. The molecule has 1 aromatic rings. The van der Waals surface area contributed by atoms with Gasteiger partial charge in [0.1, 0.15) is 0 Å². The van der Waals surface area contributed by atoms with Gasteiger partial charge >= 0.3 is 5.97 Å². The number of hydrogen-bond acceptors (Lipinski definition) is 5. The molecule has 0 bridgehead atoms. The lowest BCUT2D eigenvalue weighted by atomic mass is 9.92. The van der Waals surface area contributed by atoms with Gasteiger partial charge in [-0.25, -0.2) is 22.9 Å². The smallest absolute Gasteiger partial charge is 0.356 e. The molecule has 1 heterocycles. The maximum Gasteiger partial charge on any atom is 0.356 e. The summed E-state index contributed by atoms with van der Waals surface area (Å²) in [7, 11) is -3.80. The molecule has 1 fully saturated rings. The minimum atomic E-state index is -3.80. The summed E-state index contributed by atoms with van der Waals surface area (Å²) in [6.45, 7) is 4.19. The van der Waals surface area contributed by atoms with Crippen LogP contribution in [0.4, 0.5) is 0 Å². The van der Waals surface area contributed by atoms with Crippen molar-refractivity contribution in [3.05, 3.63) is 11.2 Å². The number of nitrogens with one attached hydrogen (secondary N) is 1. The molecule has 0 spiro atoms. The van der Waals surface area contributed by atoms with Crippen LogP contribution >= 0.6 is 11.3 Å². The molecule has 1 atom stereocenters. The van der Waals surface area contributed by atoms with Crippen LogP contribution in [0.5, 0.6) is 0 Å². The molecule has 8 heteroatoms. The average molecular weight is 304 g/mol. The maximum atomic E-state index is 12.2. The number of carboxylic acids is 1. The number of hydrogen-bond donors (Lipinski definition) is 2. The Kier molecular flexibility index (Phi) is 3.67. The monoisotopic (exact) mass is 304 g/mol. The van der Waals surface area contributed by atoms with E-state index < -0.39 is 21.7 Å². The standard InChI is InChI=1S/C11H16N2O4S2/c1-11(2)4-3-7(5-11)13-19(16,17)10-8(9(14)15)12-6-18-10/h6-7,13H,3-5H2,1-2H3,(H,14,15).